The van der Waals surface area contributed by atoms with Crippen LogP contribution in [0.4, 0.5) is 0 Å². The average Bonchev–Trinajstić information content (AvgIpc) is 2.61. The van der Waals surface area contributed by atoms with Crippen LogP contribution in [0.5, 0.6) is 0 Å². The Hall–Kier alpha value is -3.14. The number of nitrogens with one attached hydrogen (secondary N) is 1. The van der Waals surface area contributed by atoms with Crippen molar-refractivity contribution >= 4 is 5.91 Å². The molecule has 0 saturated heterocycles. The van der Waals surface area contributed by atoms with E-state index in [9.17, 15) is 9.59 Å². The fraction of sp³-hybridized carbons (Fsp3) is 0.182. The summed E-state index contributed by atoms with van der Waals surface area (Å²) in [6, 6.07) is 20.4. The molecule has 2 aromatic carbocycles. The molecule has 0 unspecified atom stereocenters. The molecule has 0 saturated carbocycles. The van der Waals surface area contributed by atoms with Crippen LogP contribution < -0.4 is 10.9 Å². The van der Waals surface area contributed by atoms with Crippen molar-refractivity contribution in [3.63, 3.8) is 0 Å². The third-order valence-corrected chi connectivity index (χ3v) is 3.80. The van der Waals surface area contributed by atoms with Gasteiger partial charge in [0.05, 0.1) is 0 Å². The largest absolute Gasteiger partial charge is 0.417 e. The molecule has 0 aliphatic heterocycles. The lowest BCUT2D eigenvalue weighted by Crippen LogP contribution is -2.41. The minimum atomic E-state index is -0.553. The van der Waals surface area contributed by atoms with E-state index in [0.29, 0.717) is 11.1 Å². The van der Waals surface area contributed by atoms with Gasteiger partial charge in [-0.3, -0.25) is 4.79 Å². The smallest absolute Gasteiger partial charge is 0.337 e. The molecule has 0 spiro atoms. The van der Waals surface area contributed by atoms with Crippen molar-refractivity contribution in [3.8, 4) is 22.3 Å². The number of rotatable bonds is 3. The van der Waals surface area contributed by atoms with E-state index in [2.05, 4.69) is 5.32 Å². The first kappa shape index (κ1) is 17.7. The van der Waals surface area contributed by atoms with Gasteiger partial charge in [-0.05, 0) is 31.9 Å². The second-order valence-electron chi connectivity index (χ2n) is 7.12. The average molecular weight is 347 g/mol. The zero-order valence-corrected chi connectivity index (χ0v) is 15.1. The second-order valence-corrected chi connectivity index (χ2v) is 7.12. The predicted octanol–water partition coefficient (Wildman–Crippen LogP) is 4.50. The summed E-state index contributed by atoms with van der Waals surface area (Å²) in [6.07, 6.45) is 0. The van der Waals surface area contributed by atoms with Crippen LogP contribution in [0.1, 0.15) is 31.3 Å². The summed E-state index contributed by atoms with van der Waals surface area (Å²) in [4.78, 5) is 25.0. The van der Waals surface area contributed by atoms with Gasteiger partial charge in [-0.1, -0.05) is 60.7 Å². The normalized spacial score (nSPS) is 11.2. The lowest BCUT2D eigenvalue weighted by molar-refractivity contribution is 0.0887. The van der Waals surface area contributed by atoms with Gasteiger partial charge in [-0.25, -0.2) is 4.79 Å². The summed E-state index contributed by atoms with van der Waals surface area (Å²) in [5, 5.41) is 2.88. The number of hydrogen-bond donors (Lipinski definition) is 1. The molecule has 1 heterocycles. The second kappa shape index (κ2) is 7.00. The van der Waals surface area contributed by atoms with Crippen molar-refractivity contribution in [2.75, 3.05) is 0 Å². The molecule has 0 atom stereocenters. The van der Waals surface area contributed by atoms with Gasteiger partial charge in [0.15, 0.2) is 0 Å². The van der Waals surface area contributed by atoms with Crippen LogP contribution >= 0.6 is 0 Å². The summed E-state index contributed by atoms with van der Waals surface area (Å²) in [6.45, 7) is 5.64. The van der Waals surface area contributed by atoms with Crippen molar-refractivity contribution in [1.82, 2.24) is 5.32 Å². The summed E-state index contributed by atoms with van der Waals surface area (Å²) >= 11 is 0. The van der Waals surface area contributed by atoms with Gasteiger partial charge in [-0.15, -0.1) is 0 Å². The van der Waals surface area contributed by atoms with E-state index in [1.54, 1.807) is 0 Å². The molecular formula is C22H21NO3. The molecule has 132 valence electrons. The van der Waals surface area contributed by atoms with Crippen LogP contribution in [0.25, 0.3) is 22.3 Å². The molecule has 0 aliphatic carbocycles. The predicted molar refractivity (Wildman–Crippen MR) is 103 cm³/mol. The molecule has 4 nitrogen and oxygen atoms in total. The summed E-state index contributed by atoms with van der Waals surface area (Å²) in [5.41, 5.74) is 1.94. The van der Waals surface area contributed by atoms with E-state index < -0.39 is 17.1 Å². The molecule has 1 N–H and O–H groups in total. The first-order chi connectivity index (χ1) is 12.3. The molecule has 0 radical (unpaired) electrons. The maximum atomic E-state index is 12.8. The van der Waals surface area contributed by atoms with E-state index in [1.165, 1.54) is 6.07 Å². The van der Waals surface area contributed by atoms with Crippen molar-refractivity contribution in [2.45, 2.75) is 26.3 Å². The van der Waals surface area contributed by atoms with Crippen molar-refractivity contribution in [1.29, 1.82) is 0 Å². The highest BCUT2D eigenvalue weighted by atomic mass is 16.4. The van der Waals surface area contributed by atoms with Crippen molar-refractivity contribution in [2.24, 2.45) is 0 Å². The van der Waals surface area contributed by atoms with Gasteiger partial charge >= 0.3 is 5.63 Å². The number of carbonyl (C=O) groups excluding carboxylic acids is 1. The Morgan fingerprint density at radius 1 is 0.885 bits per heavy atom. The van der Waals surface area contributed by atoms with Crippen LogP contribution in [0.15, 0.2) is 75.9 Å². The Balaban J connectivity index is 2.29. The monoisotopic (exact) mass is 347 g/mol. The van der Waals surface area contributed by atoms with E-state index in [1.807, 2.05) is 81.4 Å². The maximum absolute atomic E-state index is 12.8. The lowest BCUT2D eigenvalue weighted by Gasteiger charge is -2.21. The Bertz CT molecular complexity index is 968. The van der Waals surface area contributed by atoms with Crippen LogP contribution in [0.2, 0.25) is 0 Å². The third kappa shape index (κ3) is 3.91. The van der Waals surface area contributed by atoms with E-state index in [-0.39, 0.29) is 5.76 Å². The number of benzene rings is 2. The maximum Gasteiger partial charge on any atom is 0.337 e. The SMILES string of the molecule is CC(C)(C)NC(=O)c1oc(=O)cc(-c2ccccc2)c1-c1ccccc1. The fourth-order valence-corrected chi connectivity index (χ4v) is 2.79. The van der Waals surface area contributed by atoms with Crippen LogP contribution in [-0.2, 0) is 0 Å². The van der Waals surface area contributed by atoms with Crippen LogP contribution in [0.3, 0.4) is 0 Å². The van der Waals surface area contributed by atoms with Gasteiger partial charge in [0.2, 0.25) is 5.76 Å². The minimum absolute atomic E-state index is 0.0254. The number of amides is 1. The molecule has 26 heavy (non-hydrogen) atoms. The zero-order valence-electron chi connectivity index (χ0n) is 15.1. The van der Waals surface area contributed by atoms with Crippen molar-refractivity contribution < 1.29 is 9.21 Å². The van der Waals surface area contributed by atoms with Gasteiger partial charge in [0.25, 0.3) is 5.91 Å². The standard InChI is InChI=1S/C22H21NO3/c1-22(2,3)23-21(25)20-19(16-12-8-5-9-13-16)17(14-18(24)26-20)15-10-6-4-7-11-15/h4-14H,1-3H3,(H,23,25). The van der Waals surface area contributed by atoms with Gasteiger partial charge in [0, 0.05) is 22.7 Å². The highest BCUT2D eigenvalue weighted by Gasteiger charge is 2.24. The lowest BCUT2D eigenvalue weighted by atomic mass is 9.94. The van der Waals surface area contributed by atoms with E-state index in [0.717, 1.165) is 11.1 Å². The quantitative estimate of drug-likeness (QED) is 0.759. The molecule has 0 bridgehead atoms. The fourth-order valence-electron chi connectivity index (χ4n) is 2.79. The Morgan fingerprint density at radius 3 is 1.96 bits per heavy atom. The Kier molecular flexibility index (Phi) is 4.76. The minimum Gasteiger partial charge on any atom is -0.417 e. The van der Waals surface area contributed by atoms with E-state index in [4.69, 9.17) is 4.42 Å². The van der Waals surface area contributed by atoms with E-state index >= 15 is 0 Å². The van der Waals surface area contributed by atoms with Gasteiger partial charge in [0.1, 0.15) is 0 Å². The van der Waals surface area contributed by atoms with Crippen molar-refractivity contribution in [3.05, 3.63) is 82.9 Å². The highest BCUT2D eigenvalue weighted by Crippen LogP contribution is 2.34. The molecular weight excluding hydrogens is 326 g/mol. The zero-order chi connectivity index (χ0) is 18.7. The third-order valence-electron chi connectivity index (χ3n) is 3.80. The highest BCUT2D eigenvalue weighted by molar-refractivity contribution is 6.02. The Labute approximate surface area is 152 Å². The Morgan fingerprint density at radius 2 is 1.42 bits per heavy atom. The van der Waals surface area contributed by atoms with Gasteiger partial charge in [-0.2, -0.15) is 0 Å². The molecule has 3 aromatic rings. The van der Waals surface area contributed by atoms with Crippen LogP contribution in [-0.4, -0.2) is 11.4 Å². The topological polar surface area (TPSA) is 59.3 Å². The number of hydrogen-bond acceptors (Lipinski definition) is 3. The summed E-state index contributed by atoms with van der Waals surface area (Å²) in [7, 11) is 0. The summed E-state index contributed by atoms with van der Waals surface area (Å²) < 4.78 is 5.37. The first-order valence-corrected chi connectivity index (χ1v) is 8.47. The molecule has 1 aromatic heterocycles. The molecule has 4 heteroatoms. The number of carbonyl (C=O) groups is 1. The summed E-state index contributed by atoms with van der Waals surface area (Å²) in [5.74, 6) is -0.385. The molecule has 0 fully saturated rings. The molecule has 0 aliphatic rings. The van der Waals surface area contributed by atoms with Gasteiger partial charge < -0.3 is 9.73 Å². The first-order valence-electron chi connectivity index (χ1n) is 8.47. The van der Waals surface area contributed by atoms with Crippen LogP contribution in [0, 0.1) is 0 Å². The molecule has 1 amide bonds. The molecule has 3 rings (SSSR count).